The molecule has 0 aliphatic rings. The van der Waals surface area contributed by atoms with Gasteiger partial charge in [-0.1, -0.05) is 22.8 Å². The van der Waals surface area contributed by atoms with E-state index in [4.69, 9.17) is 0 Å². The van der Waals surface area contributed by atoms with Gasteiger partial charge in [-0.15, -0.1) is 0 Å². The van der Waals surface area contributed by atoms with Crippen LogP contribution in [0.5, 0.6) is 0 Å². The van der Waals surface area contributed by atoms with Gasteiger partial charge in [-0.05, 0) is 36.4 Å². The highest BCUT2D eigenvalue weighted by molar-refractivity contribution is 7.91. The molecule has 0 amide bonds. The number of benzene rings is 1. The van der Waals surface area contributed by atoms with Gasteiger partial charge in [0.1, 0.15) is 0 Å². The average molecular weight is 252 g/mol. The van der Waals surface area contributed by atoms with Gasteiger partial charge in [-0.25, -0.2) is 13.1 Å². The van der Waals surface area contributed by atoms with Gasteiger partial charge in [0, 0.05) is 6.54 Å². The lowest BCUT2D eigenvalue weighted by molar-refractivity contribution is 0.541. The highest BCUT2D eigenvalue weighted by Crippen LogP contribution is 2.18. The summed E-state index contributed by atoms with van der Waals surface area (Å²) < 4.78 is 25.7. The summed E-state index contributed by atoms with van der Waals surface area (Å²) in [4.78, 5) is 0.201. The standard InChI is InChI=1S/C10H12N4O2S/c1-3-14-10(11-12-13-14)17(15,16)9-6-4-8(2)5-7-9/h4-7H,3H2,1-2H3. The molecule has 0 bridgehead atoms. The van der Waals surface area contributed by atoms with Crippen molar-refractivity contribution in [2.45, 2.75) is 30.4 Å². The van der Waals surface area contributed by atoms with Gasteiger partial charge in [0.2, 0.25) is 9.84 Å². The molecule has 0 saturated heterocycles. The smallest absolute Gasteiger partial charge is 0.216 e. The summed E-state index contributed by atoms with van der Waals surface area (Å²) in [6.07, 6.45) is 0. The van der Waals surface area contributed by atoms with E-state index >= 15 is 0 Å². The zero-order valence-electron chi connectivity index (χ0n) is 9.53. The van der Waals surface area contributed by atoms with Gasteiger partial charge < -0.3 is 0 Å². The quantitative estimate of drug-likeness (QED) is 0.808. The third kappa shape index (κ3) is 2.05. The van der Waals surface area contributed by atoms with E-state index in [0.717, 1.165) is 5.56 Å². The summed E-state index contributed by atoms with van der Waals surface area (Å²) in [6, 6.07) is 6.60. The van der Waals surface area contributed by atoms with Crippen LogP contribution in [0.1, 0.15) is 12.5 Å². The van der Waals surface area contributed by atoms with Crippen molar-refractivity contribution < 1.29 is 8.42 Å². The molecule has 90 valence electrons. The number of sulfone groups is 1. The first-order valence-corrected chi connectivity index (χ1v) is 6.62. The first-order valence-electron chi connectivity index (χ1n) is 5.13. The fraction of sp³-hybridized carbons (Fsp3) is 0.300. The summed E-state index contributed by atoms with van der Waals surface area (Å²) >= 11 is 0. The van der Waals surface area contributed by atoms with E-state index in [1.165, 1.54) is 4.68 Å². The van der Waals surface area contributed by atoms with Crippen LogP contribution < -0.4 is 0 Å². The summed E-state index contributed by atoms with van der Waals surface area (Å²) in [5, 5.41) is 10.5. The first kappa shape index (κ1) is 11.7. The molecule has 0 aliphatic carbocycles. The SMILES string of the molecule is CCn1nnnc1S(=O)(=O)c1ccc(C)cc1. The predicted molar refractivity (Wildman–Crippen MR) is 60.1 cm³/mol. The third-order valence-electron chi connectivity index (χ3n) is 2.37. The van der Waals surface area contributed by atoms with Crippen LogP contribution in [0.4, 0.5) is 0 Å². The average Bonchev–Trinajstić information content (AvgIpc) is 2.78. The number of rotatable bonds is 3. The molecule has 1 heterocycles. The molecule has 0 N–H and O–H groups in total. The molecule has 1 aromatic heterocycles. The monoisotopic (exact) mass is 252 g/mol. The number of hydrogen-bond acceptors (Lipinski definition) is 5. The third-order valence-corrected chi connectivity index (χ3v) is 4.04. The lowest BCUT2D eigenvalue weighted by Crippen LogP contribution is -2.11. The molecule has 7 heteroatoms. The van der Waals surface area contributed by atoms with Crippen LogP contribution in [-0.2, 0) is 16.4 Å². The van der Waals surface area contributed by atoms with Crippen LogP contribution in [0.15, 0.2) is 34.3 Å². The highest BCUT2D eigenvalue weighted by atomic mass is 32.2. The number of aromatic nitrogens is 4. The van der Waals surface area contributed by atoms with E-state index in [2.05, 4.69) is 15.5 Å². The Kier molecular flexibility index (Phi) is 2.93. The molecule has 0 unspecified atom stereocenters. The van der Waals surface area contributed by atoms with Gasteiger partial charge in [-0.2, -0.15) is 0 Å². The minimum Gasteiger partial charge on any atom is -0.216 e. The maximum atomic E-state index is 12.2. The molecule has 2 aromatic rings. The normalized spacial score (nSPS) is 11.6. The molecule has 0 aliphatic heterocycles. The maximum Gasteiger partial charge on any atom is 0.272 e. The van der Waals surface area contributed by atoms with Crippen LogP contribution in [0, 0.1) is 6.92 Å². The van der Waals surface area contributed by atoms with Gasteiger partial charge >= 0.3 is 0 Å². The molecule has 0 saturated carbocycles. The molecule has 2 rings (SSSR count). The van der Waals surface area contributed by atoms with Crippen molar-refractivity contribution in [1.29, 1.82) is 0 Å². The summed E-state index contributed by atoms with van der Waals surface area (Å²) in [5.74, 6) is 0. The Morgan fingerprint density at radius 1 is 1.24 bits per heavy atom. The molecule has 0 spiro atoms. The number of hydrogen-bond donors (Lipinski definition) is 0. The van der Waals surface area contributed by atoms with E-state index in [-0.39, 0.29) is 10.1 Å². The van der Waals surface area contributed by atoms with Crippen molar-refractivity contribution in [2.24, 2.45) is 0 Å². The van der Waals surface area contributed by atoms with E-state index < -0.39 is 9.84 Å². The van der Waals surface area contributed by atoms with Crippen molar-refractivity contribution in [3.05, 3.63) is 29.8 Å². The van der Waals surface area contributed by atoms with E-state index in [0.29, 0.717) is 6.54 Å². The maximum absolute atomic E-state index is 12.2. The van der Waals surface area contributed by atoms with Crippen LogP contribution in [0.3, 0.4) is 0 Å². The second kappa shape index (κ2) is 4.25. The molecule has 6 nitrogen and oxygen atoms in total. The van der Waals surface area contributed by atoms with Crippen molar-refractivity contribution >= 4 is 9.84 Å². The molecule has 0 fully saturated rings. The topological polar surface area (TPSA) is 77.7 Å². The van der Waals surface area contributed by atoms with Crippen LogP contribution in [0.25, 0.3) is 0 Å². The first-order chi connectivity index (χ1) is 8.05. The second-order valence-electron chi connectivity index (χ2n) is 3.59. The molecule has 0 radical (unpaired) electrons. The molecule has 1 aromatic carbocycles. The van der Waals surface area contributed by atoms with Crippen molar-refractivity contribution in [2.75, 3.05) is 0 Å². The number of nitrogens with zero attached hydrogens (tertiary/aromatic N) is 4. The van der Waals surface area contributed by atoms with Crippen LogP contribution >= 0.6 is 0 Å². The lowest BCUT2D eigenvalue weighted by Gasteiger charge is -2.03. The van der Waals surface area contributed by atoms with Gasteiger partial charge in [-0.3, -0.25) is 0 Å². The lowest BCUT2D eigenvalue weighted by atomic mass is 10.2. The van der Waals surface area contributed by atoms with Gasteiger partial charge in [0.15, 0.2) is 0 Å². The van der Waals surface area contributed by atoms with E-state index in [1.807, 2.05) is 6.92 Å². The van der Waals surface area contributed by atoms with Crippen molar-refractivity contribution in [3.8, 4) is 0 Å². The zero-order chi connectivity index (χ0) is 12.5. The molecule has 0 atom stereocenters. The predicted octanol–water partition coefficient (Wildman–Crippen LogP) is 0.834. The summed E-state index contributed by atoms with van der Waals surface area (Å²) in [6.45, 7) is 4.09. The van der Waals surface area contributed by atoms with E-state index in [9.17, 15) is 8.42 Å². The molecular weight excluding hydrogens is 240 g/mol. The fourth-order valence-corrected chi connectivity index (χ4v) is 2.70. The minimum absolute atomic E-state index is 0.121. The Hall–Kier alpha value is -1.76. The van der Waals surface area contributed by atoms with Crippen LogP contribution in [-0.4, -0.2) is 28.6 Å². The Morgan fingerprint density at radius 2 is 1.88 bits per heavy atom. The largest absolute Gasteiger partial charge is 0.272 e. The Bertz CT molecular complexity index is 616. The highest BCUT2D eigenvalue weighted by Gasteiger charge is 2.24. The van der Waals surface area contributed by atoms with Gasteiger partial charge in [0.05, 0.1) is 4.90 Å². The van der Waals surface area contributed by atoms with Crippen molar-refractivity contribution in [3.63, 3.8) is 0 Å². The summed E-state index contributed by atoms with van der Waals surface area (Å²) in [7, 11) is -3.63. The van der Waals surface area contributed by atoms with Gasteiger partial charge in [0.25, 0.3) is 5.16 Å². The van der Waals surface area contributed by atoms with Crippen LogP contribution in [0.2, 0.25) is 0 Å². The summed E-state index contributed by atoms with van der Waals surface area (Å²) in [5.41, 5.74) is 0.999. The zero-order valence-corrected chi connectivity index (χ0v) is 10.3. The number of aryl methyl sites for hydroxylation is 2. The second-order valence-corrected chi connectivity index (χ2v) is 5.44. The Balaban J connectivity index is 2.54. The fourth-order valence-electron chi connectivity index (χ4n) is 1.41. The Labute approximate surface area is 99.2 Å². The Morgan fingerprint density at radius 3 is 2.47 bits per heavy atom. The number of tetrazole rings is 1. The minimum atomic E-state index is -3.63. The van der Waals surface area contributed by atoms with Crippen molar-refractivity contribution in [1.82, 2.24) is 20.2 Å². The molecular formula is C10H12N4O2S. The van der Waals surface area contributed by atoms with E-state index in [1.54, 1.807) is 31.2 Å². The molecule has 17 heavy (non-hydrogen) atoms.